The molecule has 3 nitrogen and oxygen atoms in total. The summed E-state index contributed by atoms with van der Waals surface area (Å²) in [4.78, 5) is 13.1. The quantitative estimate of drug-likeness (QED) is 0.719. The Labute approximate surface area is 142 Å². The van der Waals surface area contributed by atoms with Crippen LogP contribution in [0.15, 0.2) is 91.0 Å². The third kappa shape index (κ3) is 3.46. The maximum absolute atomic E-state index is 13.1. The number of rotatable bonds is 5. The second-order valence-electron chi connectivity index (χ2n) is 5.80. The van der Waals surface area contributed by atoms with Gasteiger partial charge in [-0.2, -0.15) is 0 Å². The monoisotopic (exact) mass is 316 g/mol. The van der Waals surface area contributed by atoms with E-state index in [4.69, 9.17) is 0 Å². The van der Waals surface area contributed by atoms with E-state index in [0.717, 1.165) is 16.9 Å². The second kappa shape index (κ2) is 7.01. The van der Waals surface area contributed by atoms with E-state index < -0.39 is 5.54 Å². The van der Waals surface area contributed by atoms with E-state index in [1.165, 1.54) is 0 Å². The van der Waals surface area contributed by atoms with Crippen LogP contribution in [0.3, 0.4) is 0 Å². The Morgan fingerprint density at radius 3 is 1.71 bits per heavy atom. The number of amides is 1. The van der Waals surface area contributed by atoms with E-state index in [2.05, 4.69) is 10.6 Å². The summed E-state index contributed by atoms with van der Waals surface area (Å²) in [5, 5.41) is 6.38. The van der Waals surface area contributed by atoms with Gasteiger partial charge in [0.2, 0.25) is 0 Å². The average molecular weight is 316 g/mol. The highest BCUT2D eigenvalue weighted by molar-refractivity contribution is 6.00. The summed E-state index contributed by atoms with van der Waals surface area (Å²) in [6, 6.07) is 29.0. The zero-order valence-electron chi connectivity index (χ0n) is 13.6. The van der Waals surface area contributed by atoms with Gasteiger partial charge in [0.05, 0.1) is 0 Å². The summed E-state index contributed by atoms with van der Waals surface area (Å²) in [6.07, 6.45) is 0. The normalized spacial score (nSPS) is 12.9. The molecule has 1 atom stereocenters. The Morgan fingerprint density at radius 2 is 1.17 bits per heavy atom. The highest BCUT2D eigenvalue weighted by Crippen LogP contribution is 2.27. The largest absolute Gasteiger partial charge is 0.368 e. The minimum atomic E-state index is -0.890. The number of hydrogen-bond donors (Lipinski definition) is 2. The van der Waals surface area contributed by atoms with Crippen LogP contribution in [0.5, 0.6) is 0 Å². The van der Waals surface area contributed by atoms with Crippen LogP contribution in [0.25, 0.3) is 0 Å². The van der Waals surface area contributed by atoms with Crippen molar-refractivity contribution >= 4 is 17.3 Å². The third-order valence-corrected chi connectivity index (χ3v) is 4.01. The lowest BCUT2D eigenvalue weighted by atomic mass is 9.90. The highest BCUT2D eigenvalue weighted by atomic mass is 16.2. The minimum Gasteiger partial charge on any atom is -0.368 e. The van der Waals surface area contributed by atoms with Crippen molar-refractivity contribution in [3.63, 3.8) is 0 Å². The molecule has 3 aromatic carbocycles. The standard InChI is InChI=1S/C21H20N2O/c1-21(17-11-5-2-6-12-17,23-19-15-9-4-10-16-19)20(24)22-18-13-7-3-8-14-18/h2-16,23H,1H3,(H,22,24). The fraction of sp³-hybridized carbons (Fsp3) is 0.0952. The predicted molar refractivity (Wildman–Crippen MR) is 98.9 cm³/mol. The van der Waals surface area contributed by atoms with Gasteiger partial charge < -0.3 is 10.6 Å². The number of benzene rings is 3. The topological polar surface area (TPSA) is 41.1 Å². The van der Waals surface area contributed by atoms with Crippen molar-refractivity contribution in [2.24, 2.45) is 0 Å². The van der Waals surface area contributed by atoms with Crippen molar-refractivity contribution in [3.05, 3.63) is 96.6 Å². The molecule has 3 aromatic rings. The first-order valence-electron chi connectivity index (χ1n) is 7.94. The van der Waals surface area contributed by atoms with Gasteiger partial charge in [0.15, 0.2) is 0 Å². The van der Waals surface area contributed by atoms with Crippen LogP contribution in [0, 0.1) is 0 Å². The van der Waals surface area contributed by atoms with Crippen LogP contribution in [0.2, 0.25) is 0 Å². The summed E-state index contributed by atoms with van der Waals surface area (Å²) < 4.78 is 0. The molecule has 0 saturated heterocycles. The molecule has 1 amide bonds. The molecule has 2 N–H and O–H groups in total. The van der Waals surface area contributed by atoms with Crippen LogP contribution in [-0.4, -0.2) is 5.91 Å². The Morgan fingerprint density at radius 1 is 0.708 bits per heavy atom. The van der Waals surface area contributed by atoms with Crippen LogP contribution in [-0.2, 0) is 10.3 Å². The molecule has 0 bridgehead atoms. The molecule has 0 aliphatic carbocycles. The van der Waals surface area contributed by atoms with Gasteiger partial charge in [-0.1, -0.05) is 66.7 Å². The summed E-state index contributed by atoms with van der Waals surface area (Å²) in [5.41, 5.74) is 1.69. The fourth-order valence-corrected chi connectivity index (χ4v) is 2.62. The third-order valence-electron chi connectivity index (χ3n) is 4.01. The number of nitrogens with one attached hydrogen (secondary N) is 2. The molecule has 0 spiro atoms. The second-order valence-corrected chi connectivity index (χ2v) is 5.80. The molecule has 1 unspecified atom stereocenters. The number of carbonyl (C=O) groups is 1. The van der Waals surface area contributed by atoms with E-state index in [1.54, 1.807) is 0 Å². The Kier molecular flexibility index (Phi) is 4.62. The number of para-hydroxylation sites is 2. The summed E-state index contributed by atoms with van der Waals surface area (Å²) in [6.45, 7) is 1.90. The van der Waals surface area contributed by atoms with Gasteiger partial charge in [-0.3, -0.25) is 4.79 Å². The molecule has 0 aromatic heterocycles. The van der Waals surface area contributed by atoms with Gasteiger partial charge in [0.1, 0.15) is 5.54 Å². The minimum absolute atomic E-state index is 0.108. The zero-order valence-corrected chi connectivity index (χ0v) is 13.6. The van der Waals surface area contributed by atoms with Crippen molar-refractivity contribution in [2.75, 3.05) is 10.6 Å². The van der Waals surface area contributed by atoms with Crippen molar-refractivity contribution < 1.29 is 4.79 Å². The van der Waals surface area contributed by atoms with Crippen LogP contribution >= 0.6 is 0 Å². The number of anilines is 2. The van der Waals surface area contributed by atoms with Crippen molar-refractivity contribution in [3.8, 4) is 0 Å². The molecule has 0 fully saturated rings. The van der Waals surface area contributed by atoms with Crippen molar-refractivity contribution in [2.45, 2.75) is 12.5 Å². The number of carbonyl (C=O) groups excluding carboxylic acids is 1. The summed E-state index contributed by atoms with van der Waals surface area (Å²) in [5.74, 6) is -0.108. The molecule has 24 heavy (non-hydrogen) atoms. The lowest BCUT2D eigenvalue weighted by molar-refractivity contribution is -0.120. The highest BCUT2D eigenvalue weighted by Gasteiger charge is 2.35. The molecule has 0 aliphatic heterocycles. The molecule has 0 aliphatic rings. The van der Waals surface area contributed by atoms with Gasteiger partial charge in [-0.05, 0) is 36.8 Å². The molecule has 0 saturated carbocycles. The average Bonchev–Trinajstić information content (AvgIpc) is 2.64. The van der Waals surface area contributed by atoms with Gasteiger partial charge in [0.25, 0.3) is 5.91 Å². The molecule has 3 rings (SSSR count). The fourth-order valence-electron chi connectivity index (χ4n) is 2.62. The van der Waals surface area contributed by atoms with Crippen LogP contribution < -0.4 is 10.6 Å². The summed E-state index contributed by atoms with van der Waals surface area (Å²) >= 11 is 0. The first kappa shape index (κ1) is 15.8. The maximum Gasteiger partial charge on any atom is 0.254 e. The van der Waals surface area contributed by atoms with E-state index in [1.807, 2.05) is 97.9 Å². The van der Waals surface area contributed by atoms with E-state index in [9.17, 15) is 4.79 Å². The van der Waals surface area contributed by atoms with Crippen LogP contribution in [0.4, 0.5) is 11.4 Å². The van der Waals surface area contributed by atoms with Gasteiger partial charge in [-0.25, -0.2) is 0 Å². The SMILES string of the molecule is CC(Nc1ccccc1)(C(=O)Nc1ccccc1)c1ccccc1. The van der Waals surface area contributed by atoms with Gasteiger partial charge in [-0.15, -0.1) is 0 Å². The molecule has 3 heteroatoms. The predicted octanol–water partition coefficient (Wildman–Crippen LogP) is 4.65. The smallest absolute Gasteiger partial charge is 0.254 e. The first-order valence-corrected chi connectivity index (χ1v) is 7.94. The van der Waals surface area contributed by atoms with Crippen molar-refractivity contribution in [1.29, 1.82) is 0 Å². The molecular weight excluding hydrogens is 296 g/mol. The molecular formula is C21H20N2O. The van der Waals surface area contributed by atoms with E-state index in [0.29, 0.717) is 0 Å². The van der Waals surface area contributed by atoms with Crippen molar-refractivity contribution in [1.82, 2.24) is 0 Å². The Hall–Kier alpha value is -3.07. The first-order chi connectivity index (χ1) is 11.7. The number of hydrogen-bond acceptors (Lipinski definition) is 2. The molecule has 120 valence electrons. The lowest BCUT2D eigenvalue weighted by Gasteiger charge is -2.31. The van der Waals surface area contributed by atoms with Gasteiger partial charge >= 0.3 is 0 Å². The Bertz CT molecular complexity index is 788. The molecule has 0 heterocycles. The molecule has 0 radical (unpaired) electrons. The summed E-state index contributed by atoms with van der Waals surface area (Å²) in [7, 11) is 0. The van der Waals surface area contributed by atoms with Gasteiger partial charge in [0, 0.05) is 11.4 Å². The zero-order chi connectivity index (χ0) is 16.8. The van der Waals surface area contributed by atoms with E-state index in [-0.39, 0.29) is 5.91 Å². The maximum atomic E-state index is 13.1. The van der Waals surface area contributed by atoms with Crippen LogP contribution in [0.1, 0.15) is 12.5 Å². The van der Waals surface area contributed by atoms with E-state index >= 15 is 0 Å². The Balaban J connectivity index is 1.94. The lowest BCUT2D eigenvalue weighted by Crippen LogP contribution is -2.44.